The highest BCUT2D eigenvalue weighted by molar-refractivity contribution is 5.85. The molecule has 2 N–H and O–H groups in total. The topological polar surface area (TPSA) is 38.1 Å². The Balaban J connectivity index is 0.000000147. The Morgan fingerprint density at radius 3 is 2.40 bits per heavy atom. The number of rotatable bonds is 4. The van der Waals surface area contributed by atoms with E-state index in [2.05, 4.69) is 69.2 Å². The average molecular weight is 479 g/mol. The van der Waals surface area contributed by atoms with Crippen molar-refractivity contribution < 1.29 is 8.78 Å². The molecule has 6 rings (SSSR count). The van der Waals surface area contributed by atoms with Crippen molar-refractivity contribution in [3.63, 3.8) is 0 Å². The summed E-state index contributed by atoms with van der Waals surface area (Å²) in [6.45, 7) is 10.4. The fraction of sp³-hybridized carbons (Fsp3) is 0.448. The zero-order valence-corrected chi connectivity index (χ0v) is 21.2. The van der Waals surface area contributed by atoms with Crippen LogP contribution < -0.4 is 0 Å². The number of alkyl halides is 2. The van der Waals surface area contributed by atoms with Crippen molar-refractivity contribution in [2.75, 3.05) is 19.6 Å². The van der Waals surface area contributed by atoms with Crippen LogP contribution in [0.3, 0.4) is 0 Å². The highest BCUT2D eigenvalue weighted by Crippen LogP contribution is 2.31. The molecule has 0 aliphatic carbocycles. The zero-order valence-electron chi connectivity index (χ0n) is 21.2. The highest BCUT2D eigenvalue weighted by atomic mass is 19.1. The number of H-pyrrole nitrogens is 2. The van der Waals surface area contributed by atoms with Crippen LogP contribution in [0, 0.1) is 0 Å². The summed E-state index contributed by atoms with van der Waals surface area (Å²) in [5.74, 6) is 0. The molecule has 2 aliphatic rings. The van der Waals surface area contributed by atoms with Gasteiger partial charge in [-0.2, -0.15) is 0 Å². The average Bonchev–Trinajstić information content (AvgIpc) is 3.32. The summed E-state index contributed by atoms with van der Waals surface area (Å²) in [7, 11) is 0. The van der Waals surface area contributed by atoms with Crippen LogP contribution in [-0.2, 0) is 19.5 Å². The Hall–Kier alpha value is -2.70. The van der Waals surface area contributed by atoms with Gasteiger partial charge in [-0.3, -0.25) is 9.80 Å². The summed E-state index contributed by atoms with van der Waals surface area (Å²) in [5, 5.41) is 2.55. The summed E-state index contributed by atoms with van der Waals surface area (Å²) in [4.78, 5) is 11.2. The zero-order chi connectivity index (χ0) is 24.8. The Labute approximate surface area is 206 Å². The Morgan fingerprint density at radius 2 is 1.71 bits per heavy atom. The lowest BCUT2D eigenvalue weighted by molar-refractivity contribution is -0.0231. The summed E-state index contributed by atoms with van der Waals surface area (Å²) in [6, 6.07) is 19.2. The molecule has 0 bridgehead atoms. The molecular formula is C29H36F2N4. The minimum Gasteiger partial charge on any atom is -0.357 e. The summed E-state index contributed by atoms with van der Waals surface area (Å²) >= 11 is 0. The molecule has 1 saturated heterocycles. The first-order valence-corrected chi connectivity index (χ1v) is 12.6. The Kier molecular flexibility index (Phi) is 6.22. The molecule has 1 atom stereocenters. The molecule has 2 aromatic heterocycles. The first-order valence-electron chi connectivity index (χ1n) is 12.6. The van der Waals surface area contributed by atoms with Crippen molar-refractivity contribution >= 4 is 21.8 Å². The van der Waals surface area contributed by atoms with Gasteiger partial charge in [0.25, 0.3) is 0 Å². The quantitative estimate of drug-likeness (QED) is 0.357. The SMILES string of the molecule is CC1(F)CN(Cc2cc3ccccc3[nH]2)C1.CC1Cc2c([nH]c3ccccc23)CN1CC(C)(C)F. The molecule has 2 aromatic carbocycles. The van der Waals surface area contributed by atoms with E-state index in [4.69, 9.17) is 0 Å². The predicted molar refractivity (Wildman–Crippen MR) is 140 cm³/mol. The predicted octanol–water partition coefficient (Wildman–Crippen LogP) is 6.37. The number of aromatic amines is 2. The van der Waals surface area contributed by atoms with E-state index in [1.807, 2.05) is 12.1 Å². The van der Waals surface area contributed by atoms with Crippen molar-refractivity contribution in [2.45, 2.75) is 64.6 Å². The molecule has 4 heterocycles. The monoisotopic (exact) mass is 478 g/mol. The third kappa shape index (κ3) is 5.44. The summed E-state index contributed by atoms with van der Waals surface area (Å²) < 4.78 is 27.2. The van der Waals surface area contributed by atoms with Crippen molar-refractivity contribution in [1.82, 2.24) is 19.8 Å². The van der Waals surface area contributed by atoms with Crippen LogP contribution in [-0.4, -0.2) is 56.8 Å². The molecule has 0 spiro atoms. The van der Waals surface area contributed by atoms with Gasteiger partial charge in [-0.25, -0.2) is 8.78 Å². The molecule has 0 saturated carbocycles. The molecule has 1 fully saturated rings. The third-order valence-electron chi connectivity index (χ3n) is 7.05. The Morgan fingerprint density at radius 1 is 1.03 bits per heavy atom. The van der Waals surface area contributed by atoms with Gasteiger partial charge in [0.2, 0.25) is 0 Å². The van der Waals surface area contributed by atoms with Crippen LogP contribution in [0.15, 0.2) is 54.6 Å². The van der Waals surface area contributed by atoms with Crippen LogP contribution in [0.25, 0.3) is 21.8 Å². The van der Waals surface area contributed by atoms with Crippen molar-refractivity contribution in [1.29, 1.82) is 0 Å². The van der Waals surface area contributed by atoms with Crippen LogP contribution >= 0.6 is 0 Å². The van der Waals surface area contributed by atoms with E-state index in [1.165, 1.54) is 27.5 Å². The molecule has 4 aromatic rings. The van der Waals surface area contributed by atoms with E-state index in [9.17, 15) is 8.78 Å². The van der Waals surface area contributed by atoms with E-state index in [-0.39, 0.29) is 0 Å². The lowest BCUT2D eigenvalue weighted by Gasteiger charge is -2.41. The fourth-order valence-corrected chi connectivity index (χ4v) is 5.56. The van der Waals surface area contributed by atoms with Crippen molar-refractivity contribution in [2.24, 2.45) is 0 Å². The fourth-order valence-electron chi connectivity index (χ4n) is 5.56. The van der Waals surface area contributed by atoms with Gasteiger partial charge in [-0.15, -0.1) is 0 Å². The largest absolute Gasteiger partial charge is 0.357 e. The number of halogens is 2. The second-order valence-corrected chi connectivity index (χ2v) is 11.2. The number of benzene rings is 2. The van der Waals surface area contributed by atoms with Crippen molar-refractivity contribution in [3.05, 3.63) is 71.5 Å². The van der Waals surface area contributed by atoms with E-state index in [0.717, 1.165) is 30.7 Å². The first-order chi connectivity index (χ1) is 16.6. The molecule has 4 nitrogen and oxygen atoms in total. The van der Waals surface area contributed by atoms with Crippen LogP contribution in [0.1, 0.15) is 44.6 Å². The number of nitrogens with one attached hydrogen (secondary N) is 2. The number of nitrogens with zero attached hydrogens (tertiary/aromatic N) is 2. The normalized spacial score (nSPS) is 20.3. The molecule has 2 aliphatic heterocycles. The van der Waals surface area contributed by atoms with Gasteiger partial charge in [-0.05, 0) is 63.3 Å². The van der Waals surface area contributed by atoms with Gasteiger partial charge in [-0.1, -0.05) is 36.4 Å². The molecule has 35 heavy (non-hydrogen) atoms. The van der Waals surface area contributed by atoms with Gasteiger partial charge in [0.05, 0.1) is 0 Å². The third-order valence-corrected chi connectivity index (χ3v) is 7.05. The standard InChI is InChI=1S/C16H21FN2.C13H15FN2/c1-11-8-13-12-6-4-5-7-14(12)18-15(13)9-19(11)10-16(2,3)17;1-13(14)8-16(9-13)7-11-6-10-4-2-3-5-12(10)15-11/h4-7,11,18H,8-10H2,1-3H3;2-6,15H,7-9H2,1H3. The lowest BCUT2D eigenvalue weighted by Crippen LogP contribution is -2.56. The molecule has 186 valence electrons. The van der Waals surface area contributed by atoms with Crippen LogP contribution in [0.4, 0.5) is 8.78 Å². The summed E-state index contributed by atoms with van der Waals surface area (Å²) in [5.41, 5.74) is 4.06. The minimum absolute atomic E-state index is 0.390. The second-order valence-electron chi connectivity index (χ2n) is 11.2. The molecule has 0 radical (unpaired) electrons. The summed E-state index contributed by atoms with van der Waals surface area (Å²) in [6.07, 6.45) is 0.995. The van der Waals surface area contributed by atoms with Crippen molar-refractivity contribution in [3.8, 4) is 0 Å². The van der Waals surface area contributed by atoms with Crippen LogP contribution in [0.5, 0.6) is 0 Å². The molecule has 6 heteroatoms. The van der Waals surface area contributed by atoms with E-state index >= 15 is 0 Å². The second kappa shape index (κ2) is 9.07. The molecular weight excluding hydrogens is 442 g/mol. The lowest BCUT2D eigenvalue weighted by atomic mass is 9.96. The van der Waals surface area contributed by atoms with E-state index in [1.54, 1.807) is 20.8 Å². The van der Waals surface area contributed by atoms with Gasteiger partial charge in [0.1, 0.15) is 11.3 Å². The Bertz CT molecular complexity index is 1270. The number of hydrogen-bond acceptors (Lipinski definition) is 2. The number of para-hydroxylation sites is 2. The highest BCUT2D eigenvalue weighted by Gasteiger charge is 2.38. The van der Waals surface area contributed by atoms with E-state index in [0.29, 0.717) is 25.7 Å². The smallest absolute Gasteiger partial charge is 0.133 e. The molecule has 0 amide bonds. The maximum atomic E-state index is 13.9. The number of hydrogen-bond donors (Lipinski definition) is 2. The maximum absolute atomic E-state index is 13.9. The minimum atomic E-state index is -1.14. The van der Waals surface area contributed by atoms with Gasteiger partial charge < -0.3 is 9.97 Å². The number of fused-ring (bicyclic) bond motifs is 4. The molecule has 1 unspecified atom stereocenters. The number of likely N-dealkylation sites (tertiary alicyclic amines) is 1. The van der Waals surface area contributed by atoms with E-state index < -0.39 is 11.3 Å². The number of aromatic nitrogens is 2. The van der Waals surface area contributed by atoms with Gasteiger partial charge >= 0.3 is 0 Å². The van der Waals surface area contributed by atoms with Gasteiger partial charge in [0, 0.05) is 66.6 Å². The first kappa shape index (κ1) is 24.0. The maximum Gasteiger partial charge on any atom is 0.133 e. The van der Waals surface area contributed by atoms with Gasteiger partial charge in [0.15, 0.2) is 0 Å². The van der Waals surface area contributed by atoms with Crippen LogP contribution in [0.2, 0.25) is 0 Å².